The van der Waals surface area contributed by atoms with Gasteiger partial charge in [-0.2, -0.15) is 9.78 Å². The number of amides is 1. The Labute approximate surface area is 178 Å². The molecule has 0 fully saturated rings. The summed E-state index contributed by atoms with van der Waals surface area (Å²) in [6.07, 6.45) is 0.692. The Balaban J connectivity index is 2.22. The first-order chi connectivity index (χ1) is 14.3. The van der Waals surface area contributed by atoms with Gasteiger partial charge in [0.25, 0.3) is 11.5 Å². The van der Waals surface area contributed by atoms with Crippen LogP contribution in [0.4, 0.5) is 0 Å². The molecule has 8 heteroatoms. The molecule has 0 spiro atoms. The molecule has 1 atom stereocenters. The molecule has 156 valence electrons. The Hall–Kier alpha value is -3.19. The molecule has 2 aromatic carbocycles. The summed E-state index contributed by atoms with van der Waals surface area (Å²) >= 11 is 6.23. The molecular weight excluding hydrogens is 404 g/mol. The lowest BCUT2D eigenvalue weighted by Gasteiger charge is -2.15. The molecule has 0 saturated heterocycles. The molecule has 0 saturated carbocycles. The van der Waals surface area contributed by atoms with Gasteiger partial charge in [-0.05, 0) is 49.6 Å². The minimum absolute atomic E-state index is 0.0741. The van der Waals surface area contributed by atoms with Gasteiger partial charge in [0.05, 0.1) is 12.2 Å². The molecule has 0 unspecified atom stereocenters. The van der Waals surface area contributed by atoms with Crippen molar-refractivity contribution >= 4 is 17.5 Å². The van der Waals surface area contributed by atoms with Gasteiger partial charge in [-0.1, -0.05) is 48.9 Å². The summed E-state index contributed by atoms with van der Waals surface area (Å²) < 4.78 is 2.07. The number of carbonyl (C=O) groups excluding carboxylic acids is 1. The van der Waals surface area contributed by atoms with Crippen molar-refractivity contribution in [2.75, 3.05) is 0 Å². The topological polar surface area (TPSA) is 86.0 Å². The van der Waals surface area contributed by atoms with Crippen LogP contribution in [0.5, 0.6) is 0 Å². The van der Waals surface area contributed by atoms with E-state index in [2.05, 4.69) is 10.4 Å². The highest BCUT2D eigenvalue weighted by Gasteiger charge is 2.21. The third kappa shape index (κ3) is 4.52. The van der Waals surface area contributed by atoms with Gasteiger partial charge in [-0.15, -0.1) is 0 Å². The van der Waals surface area contributed by atoms with Crippen LogP contribution in [0.2, 0.25) is 5.02 Å². The van der Waals surface area contributed by atoms with Gasteiger partial charge in [0.2, 0.25) is 5.69 Å². The smallest absolute Gasteiger partial charge is 0.348 e. The van der Waals surface area contributed by atoms with Crippen molar-refractivity contribution in [3.8, 4) is 5.69 Å². The highest BCUT2D eigenvalue weighted by Crippen LogP contribution is 2.15. The summed E-state index contributed by atoms with van der Waals surface area (Å²) in [7, 11) is 0. The standard InChI is InChI=1S/C22H23ClN4O3/c1-4-15(3)24-20(28)19-21(29)26(13-16-9-5-6-11-18(16)23)22(30)27(25-19)17-10-7-8-14(2)12-17/h5-12,15H,4,13H2,1-3H3,(H,24,28)/t15-/m1/s1. The van der Waals surface area contributed by atoms with E-state index in [9.17, 15) is 14.4 Å². The number of rotatable bonds is 6. The third-order valence-corrected chi connectivity index (χ3v) is 5.17. The highest BCUT2D eigenvalue weighted by molar-refractivity contribution is 6.31. The summed E-state index contributed by atoms with van der Waals surface area (Å²) in [5.41, 5.74) is 0.216. The lowest BCUT2D eigenvalue weighted by molar-refractivity contribution is 0.0929. The van der Waals surface area contributed by atoms with Crippen LogP contribution in [0, 0.1) is 6.92 Å². The SMILES string of the molecule is CC[C@@H](C)NC(=O)c1nn(-c2cccc(C)c2)c(=O)n(Cc2ccccc2Cl)c1=O. The number of aromatic nitrogens is 3. The van der Waals surface area contributed by atoms with Crippen molar-refractivity contribution in [3.63, 3.8) is 0 Å². The Bertz CT molecular complexity index is 1200. The van der Waals surface area contributed by atoms with E-state index in [1.807, 2.05) is 26.8 Å². The summed E-state index contributed by atoms with van der Waals surface area (Å²) in [5.74, 6) is -0.622. The Morgan fingerprint density at radius 3 is 2.57 bits per heavy atom. The zero-order chi connectivity index (χ0) is 21.8. The van der Waals surface area contributed by atoms with E-state index >= 15 is 0 Å². The number of aryl methyl sites for hydroxylation is 1. The van der Waals surface area contributed by atoms with Gasteiger partial charge in [0, 0.05) is 11.1 Å². The molecule has 3 aromatic rings. The van der Waals surface area contributed by atoms with Crippen molar-refractivity contribution in [1.29, 1.82) is 0 Å². The average molecular weight is 427 g/mol. The first-order valence-electron chi connectivity index (χ1n) is 9.67. The second-order valence-corrected chi connectivity index (χ2v) is 7.55. The lowest BCUT2D eigenvalue weighted by Crippen LogP contribution is -2.47. The predicted octanol–water partition coefficient (Wildman–Crippen LogP) is 2.93. The van der Waals surface area contributed by atoms with Gasteiger partial charge in [-0.25, -0.2) is 4.79 Å². The Kier molecular flexibility index (Phi) is 6.52. The number of hydrogen-bond acceptors (Lipinski definition) is 4. The van der Waals surface area contributed by atoms with Crippen LogP contribution in [-0.4, -0.2) is 26.3 Å². The van der Waals surface area contributed by atoms with E-state index < -0.39 is 17.2 Å². The maximum atomic E-state index is 13.2. The first kappa shape index (κ1) is 21.5. The van der Waals surface area contributed by atoms with Crippen LogP contribution in [-0.2, 0) is 6.54 Å². The van der Waals surface area contributed by atoms with Gasteiger partial charge in [0.15, 0.2) is 0 Å². The average Bonchev–Trinajstić information content (AvgIpc) is 2.72. The van der Waals surface area contributed by atoms with E-state index in [0.29, 0.717) is 22.7 Å². The van der Waals surface area contributed by atoms with Crippen LogP contribution in [0.15, 0.2) is 58.1 Å². The molecule has 1 amide bonds. The molecule has 0 bridgehead atoms. The molecule has 1 N–H and O–H groups in total. The molecule has 0 aliphatic carbocycles. The Morgan fingerprint density at radius 1 is 1.17 bits per heavy atom. The quantitative estimate of drug-likeness (QED) is 0.656. The van der Waals surface area contributed by atoms with Crippen LogP contribution >= 0.6 is 11.6 Å². The molecule has 0 radical (unpaired) electrons. The van der Waals surface area contributed by atoms with Crippen molar-refractivity contribution in [3.05, 3.63) is 91.2 Å². The number of benzene rings is 2. The van der Waals surface area contributed by atoms with Gasteiger partial charge in [0.1, 0.15) is 0 Å². The first-order valence-corrected chi connectivity index (χ1v) is 10.0. The summed E-state index contributed by atoms with van der Waals surface area (Å²) in [6, 6.07) is 13.9. The van der Waals surface area contributed by atoms with Crippen molar-refractivity contribution in [1.82, 2.24) is 19.7 Å². The van der Waals surface area contributed by atoms with Crippen molar-refractivity contribution < 1.29 is 4.79 Å². The van der Waals surface area contributed by atoms with E-state index in [-0.39, 0.29) is 18.3 Å². The molecule has 30 heavy (non-hydrogen) atoms. The summed E-state index contributed by atoms with van der Waals surface area (Å²) in [6.45, 7) is 5.55. The van der Waals surface area contributed by atoms with Crippen LogP contribution < -0.4 is 16.6 Å². The zero-order valence-electron chi connectivity index (χ0n) is 17.1. The monoisotopic (exact) mass is 426 g/mol. The fourth-order valence-electron chi connectivity index (χ4n) is 2.92. The van der Waals surface area contributed by atoms with Crippen LogP contribution in [0.25, 0.3) is 5.69 Å². The molecule has 1 heterocycles. The predicted molar refractivity (Wildman–Crippen MR) is 117 cm³/mol. The summed E-state index contributed by atoms with van der Waals surface area (Å²) in [5, 5.41) is 7.29. The fraction of sp³-hybridized carbons (Fsp3) is 0.273. The number of nitrogens with one attached hydrogen (secondary N) is 1. The molecule has 0 aliphatic rings. The second kappa shape index (κ2) is 9.09. The minimum atomic E-state index is -0.760. The normalized spacial score (nSPS) is 11.9. The third-order valence-electron chi connectivity index (χ3n) is 4.80. The molecular formula is C22H23ClN4O3. The van der Waals surface area contributed by atoms with Crippen LogP contribution in [0.1, 0.15) is 41.9 Å². The molecule has 1 aromatic heterocycles. The molecule has 0 aliphatic heterocycles. The van der Waals surface area contributed by atoms with Gasteiger partial charge in [-0.3, -0.25) is 14.2 Å². The number of halogens is 1. The number of carbonyl (C=O) groups is 1. The van der Waals surface area contributed by atoms with E-state index in [0.717, 1.165) is 14.8 Å². The van der Waals surface area contributed by atoms with Crippen molar-refractivity contribution in [2.24, 2.45) is 0 Å². The van der Waals surface area contributed by atoms with E-state index in [1.165, 1.54) is 0 Å². The maximum absolute atomic E-state index is 13.2. The highest BCUT2D eigenvalue weighted by atomic mass is 35.5. The summed E-state index contributed by atoms with van der Waals surface area (Å²) in [4.78, 5) is 38.9. The lowest BCUT2D eigenvalue weighted by atomic mass is 10.2. The Morgan fingerprint density at radius 2 is 1.90 bits per heavy atom. The molecule has 7 nitrogen and oxygen atoms in total. The molecule has 3 rings (SSSR count). The van der Waals surface area contributed by atoms with Crippen molar-refractivity contribution in [2.45, 2.75) is 39.8 Å². The fourth-order valence-corrected chi connectivity index (χ4v) is 3.11. The zero-order valence-corrected chi connectivity index (χ0v) is 17.8. The van der Waals surface area contributed by atoms with E-state index in [4.69, 9.17) is 11.6 Å². The van der Waals surface area contributed by atoms with Gasteiger partial charge < -0.3 is 5.32 Å². The number of nitrogens with zero attached hydrogens (tertiary/aromatic N) is 3. The largest absolute Gasteiger partial charge is 0.352 e. The maximum Gasteiger partial charge on any atom is 0.352 e. The van der Waals surface area contributed by atoms with Crippen LogP contribution in [0.3, 0.4) is 0 Å². The second-order valence-electron chi connectivity index (χ2n) is 7.15. The minimum Gasteiger partial charge on any atom is -0.348 e. The van der Waals surface area contributed by atoms with Gasteiger partial charge >= 0.3 is 5.69 Å². The number of hydrogen-bond donors (Lipinski definition) is 1. The van der Waals surface area contributed by atoms with E-state index in [1.54, 1.807) is 42.5 Å².